The first-order chi connectivity index (χ1) is 7.72. The summed E-state index contributed by atoms with van der Waals surface area (Å²) < 4.78 is 18.4. The van der Waals surface area contributed by atoms with Crippen LogP contribution in [0.4, 0.5) is 4.39 Å². The highest BCUT2D eigenvalue weighted by Gasteiger charge is 2.14. The van der Waals surface area contributed by atoms with E-state index in [0.29, 0.717) is 12.2 Å². The molecule has 0 amide bonds. The van der Waals surface area contributed by atoms with Gasteiger partial charge in [0.2, 0.25) is 0 Å². The van der Waals surface area contributed by atoms with E-state index >= 15 is 0 Å². The molecule has 0 spiro atoms. The lowest BCUT2D eigenvalue weighted by atomic mass is 10.0. The molecule has 90 valence electrons. The summed E-state index contributed by atoms with van der Waals surface area (Å²) in [6.07, 6.45) is 1.41. The number of hydrogen-bond donors (Lipinski definition) is 2. The third-order valence-corrected chi connectivity index (χ3v) is 2.57. The van der Waals surface area contributed by atoms with Gasteiger partial charge in [0.25, 0.3) is 0 Å². The van der Waals surface area contributed by atoms with Gasteiger partial charge in [0.05, 0.1) is 7.11 Å². The highest BCUT2D eigenvalue weighted by Crippen LogP contribution is 2.28. The number of benzene rings is 1. The topological polar surface area (TPSA) is 41.5 Å². The van der Waals surface area contributed by atoms with Gasteiger partial charge in [-0.1, -0.05) is 0 Å². The second-order valence-corrected chi connectivity index (χ2v) is 3.59. The van der Waals surface area contributed by atoms with Crippen LogP contribution in [0.15, 0.2) is 18.2 Å². The number of ether oxygens (including phenoxy) is 1. The molecule has 0 heterocycles. The van der Waals surface area contributed by atoms with Crippen molar-refractivity contribution in [3.8, 4) is 5.75 Å². The second kappa shape index (κ2) is 6.45. The molecule has 0 aliphatic carbocycles. The average Bonchev–Trinajstić information content (AvgIpc) is 2.30. The first-order valence-corrected chi connectivity index (χ1v) is 5.34. The van der Waals surface area contributed by atoms with Crippen LogP contribution in [0.25, 0.3) is 0 Å². The lowest BCUT2D eigenvalue weighted by molar-refractivity contribution is 0.275. The molecular weight excluding hydrogens is 209 g/mol. The van der Waals surface area contributed by atoms with Crippen LogP contribution in [0.1, 0.15) is 24.4 Å². The Hall–Kier alpha value is -1.13. The lowest BCUT2D eigenvalue weighted by Crippen LogP contribution is -2.17. The van der Waals surface area contributed by atoms with Gasteiger partial charge in [-0.05, 0) is 38.1 Å². The number of methoxy groups -OCH3 is 1. The van der Waals surface area contributed by atoms with Gasteiger partial charge in [-0.25, -0.2) is 4.39 Å². The fraction of sp³-hybridized carbons (Fsp3) is 0.500. The largest absolute Gasteiger partial charge is 0.496 e. The summed E-state index contributed by atoms with van der Waals surface area (Å²) >= 11 is 0. The monoisotopic (exact) mass is 227 g/mol. The number of nitrogens with one attached hydrogen (secondary N) is 1. The molecule has 1 unspecified atom stereocenters. The Bertz CT molecular complexity index is 331. The molecule has 1 aromatic carbocycles. The molecule has 0 saturated heterocycles. The van der Waals surface area contributed by atoms with Crippen molar-refractivity contribution in [2.45, 2.75) is 18.9 Å². The van der Waals surface area contributed by atoms with Crippen LogP contribution in [0, 0.1) is 5.82 Å². The SMILES string of the molecule is CNC(CCCO)c1cc(F)ccc1OC. The Morgan fingerprint density at radius 1 is 1.50 bits per heavy atom. The smallest absolute Gasteiger partial charge is 0.123 e. The van der Waals surface area contributed by atoms with Gasteiger partial charge in [-0.3, -0.25) is 0 Å². The van der Waals surface area contributed by atoms with E-state index in [9.17, 15) is 4.39 Å². The van der Waals surface area contributed by atoms with E-state index < -0.39 is 0 Å². The molecule has 0 fully saturated rings. The van der Waals surface area contributed by atoms with Gasteiger partial charge in [0.15, 0.2) is 0 Å². The molecule has 0 saturated carbocycles. The minimum absolute atomic E-state index is 0.00204. The molecule has 16 heavy (non-hydrogen) atoms. The highest BCUT2D eigenvalue weighted by molar-refractivity contribution is 5.36. The van der Waals surface area contributed by atoms with Crippen molar-refractivity contribution >= 4 is 0 Å². The standard InChI is InChI=1S/C12H18FNO2/c1-14-11(4-3-7-15)10-8-9(13)5-6-12(10)16-2/h5-6,8,11,14-15H,3-4,7H2,1-2H3. The van der Waals surface area contributed by atoms with Gasteiger partial charge in [-0.2, -0.15) is 0 Å². The van der Waals surface area contributed by atoms with E-state index in [1.54, 1.807) is 13.2 Å². The molecule has 0 radical (unpaired) electrons. The molecule has 3 nitrogen and oxygen atoms in total. The molecular formula is C12H18FNO2. The third kappa shape index (κ3) is 3.18. The predicted molar refractivity (Wildman–Crippen MR) is 61.1 cm³/mol. The molecule has 0 aromatic heterocycles. The van der Waals surface area contributed by atoms with Crippen LogP contribution < -0.4 is 10.1 Å². The van der Waals surface area contributed by atoms with E-state index in [4.69, 9.17) is 9.84 Å². The number of halogens is 1. The van der Waals surface area contributed by atoms with E-state index in [-0.39, 0.29) is 18.5 Å². The second-order valence-electron chi connectivity index (χ2n) is 3.59. The van der Waals surface area contributed by atoms with Gasteiger partial charge < -0.3 is 15.2 Å². The van der Waals surface area contributed by atoms with Crippen molar-refractivity contribution in [3.05, 3.63) is 29.6 Å². The summed E-state index contributed by atoms with van der Waals surface area (Å²) in [6, 6.07) is 4.46. The number of hydrogen-bond acceptors (Lipinski definition) is 3. The zero-order chi connectivity index (χ0) is 12.0. The zero-order valence-corrected chi connectivity index (χ0v) is 9.66. The minimum atomic E-state index is -0.278. The molecule has 0 bridgehead atoms. The van der Waals surface area contributed by atoms with Crippen LogP contribution in [0.5, 0.6) is 5.75 Å². The summed E-state index contributed by atoms with van der Waals surface area (Å²) in [4.78, 5) is 0. The summed E-state index contributed by atoms with van der Waals surface area (Å²) in [5, 5.41) is 11.9. The van der Waals surface area contributed by atoms with E-state index in [2.05, 4.69) is 5.32 Å². The Balaban J connectivity index is 2.92. The van der Waals surface area contributed by atoms with Crippen molar-refractivity contribution in [2.75, 3.05) is 20.8 Å². The zero-order valence-electron chi connectivity index (χ0n) is 9.66. The van der Waals surface area contributed by atoms with Gasteiger partial charge in [0, 0.05) is 18.2 Å². The first kappa shape index (κ1) is 12.9. The predicted octanol–water partition coefficient (Wildman–Crippen LogP) is 1.87. The lowest BCUT2D eigenvalue weighted by Gasteiger charge is -2.19. The third-order valence-electron chi connectivity index (χ3n) is 2.57. The molecule has 2 N–H and O–H groups in total. The van der Waals surface area contributed by atoms with Crippen molar-refractivity contribution in [2.24, 2.45) is 0 Å². The van der Waals surface area contributed by atoms with Crippen molar-refractivity contribution in [3.63, 3.8) is 0 Å². The Morgan fingerprint density at radius 3 is 2.81 bits per heavy atom. The Labute approximate surface area is 95.2 Å². The van der Waals surface area contributed by atoms with Crippen LogP contribution >= 0.6 is 0 Å². The molecule has 0 aliphatic heterocycles. The molecule has 0 aliphatic rings. The van der Waals surface area contributed by atoms with Crippen molar-refractivity contribution in [1.82, 2.24) is 5.32 Å². The Kier molecular flexibility index (Phi) is 5.22. The summed E-state index contributed by atoms with van der Waals surface area (Å²) in [5.41, 5.74) is 0.790. The van der Waals surface area contributed by atoms with E-state index in [0.717, 1.165) is 12.0 Å². The molecule has 1 aromatic rings. The maximum Gasteiger partial charge on any atom is 0.123 e. The fourth-order valence-electron chi connectivity index (χ4n) is 1.73. The van der Waals surface area contributed by atoms with Crippen LogP contribution in [-0.2, 0) is 0 Å². The minimum Gasteiger partial charge on any atom is -0.496 e. The molecule has 1 atom stereocenters. The van der Waals surface area contributed by atoms with Crippen molar-refractivity contribution in [1.29, 1.82) is 0 Å². The van der Waals surface area contributed by atoms with E-state index in [1.165, 1.54) is 12.1 Å². The van der Waals surface area contributed by atoms with Crippen LogP contribution in [0.2, 0.25) is 0 Å². The molecule has 4 heteroatoms. The number of aliphatic hydroxyl groups is 1. The summed E-state index contributed by atoms with van der Waals surface area (Å²) in [6.45, 7) is 0.135. The average molecular weight is 227 g/mol. The summed E-state index contributed by atoms with van der Waals surface area (Å²) in [7, 11) is 3.38. The normalized spacial score (nSPS) is 12.5. The fourth-order valence-corrected chi connectivity index (χ4v) is 1.73. The maximum absolute atomic E-state index is 13.2. The van der Waals surface area contributed by atoms with Gasteiger partial charge in [0.1, 0.15) is 11.6 Å². The Morgan fingerprint density at radius 2 is 2.25 bits per heavy atom. The first-order valence-electron chi connectivity index (χ1n) is 5.34. The van der Waals surface area contributed by atoms with E-state index in [1.807, 2.05) is 7.05 Å². The van der Waals surface area contributed by atoms with Gasteiger partial charge in [-0.15, -0.1) is 0 Å². The van der Waals surface area contributed by atoms with Crippen molar-refractivity contribution < 1.29 is 14.2 Å². The summed E-state index contributed by atoms with van der Waals surface area (Å²) in [5.74, 6) is 0.388. The number of rotatable bonds is 6. The van der Waals surface area contributed by atoms with Crippen LogP contribution in [-0.4, -0.2) is 25.9 Å². The number of aliphatic hydroxyl groups excluding tert-OH is 1. The highest BCUT2D eigenvalue weighted by atomic mass is 19.1. The maximum atomic E-state index is 13.2. The quantitative estimate of drug-likeness (QED) is 0.779. The molecule has 1 rings (SSSR count). The van der Waals surface area contributed by atoms with Crippen LogP contribution in [0.3, 0.4) is 0 Å². The van der Waals surface area contributed by atoms with Gasteiger partial charge >= 0.3 is 0 Å².